The molecule has 0 unspecified atom stereocenters. The maximum absolute atomic E-state index is 13.0. The van der Waals surface area contributed by atoms with Crippen molar-refractivity contribution in [2.45, 2.75) is 65.8 Å². The number of alkyl halides is 2. The number of thioether (sulfide) groups is 3. The van der Waals surface area contributed by atoms with Crippen LogP contribution in [0.2, 0.25) is 10.0 Å². The zero-order valence-electron chi connectivity index (χ0n) is 46.3. The standard InChI is InChI=1S/C20H15BrClNO3S.C20H16BrNO3S.C20H16ClNO3S.C4H10I/c1-26-20(25)15-10-27-19-17(22)14(16(21)18(24)23(15)19)9-12-7-4-6-11-5-2-3-8-13(11)12;1-25-20(24)16-11-26-17-10-14(18(21)19(23)22(16)17)9-13-7-4-6-12-5-2-3-8-15(12)13;1-25-20(24)16-11-26-19-18(21)14(10-17(23)22(16)19)9-13-7-4-6-12-5-2-3-8-15(12)13;1-3-4-5-2/h2-8,15H,9-10H2,1H3;2*2-8,10,16H,9,11H2,1H3;3-4H2,1-2H3/q;;;-1/t15-;2*16-;/m000./s1. The Kier molecular flexibility index (Phi) is 21.8. The van der Waals surface area contributed by atoms with Gasteiger partial charge in [0.05, 0.1) is 55.4 Å². The number of nitrogens with zero attached hydrogens (tertiary/aromatic N) is 3. The summed E-state index contributed by atoms with van der Waals surface area (Å²) in [4.78, 5) is 76.7. The smallest absolute Gasteiger partial charge is 0.329 e. The number of rotatable bonds is 11. The number of esters is 3. The van der Waals surface area contributed by atoms with E-state index in [1.807, 2.05) is 72.8 Å². The van der Waals surface area contributed by atoms with Crippen molar-refractivity contribution in [1.82, 2.24) is 13.7 Å². The number of halogens is 5. The molecule has 12 rings (SSSR count). The van der Waals surface area contributed by atoms with E-state index in [4.69, 9.17) is 37.4 Å². The minimum atomic E-state index is -0.650. The Hall–Kier alpha value is -5.32. The average Bonchev–Trinajstić information content (AvgIpc) is 3.29. The van der Waals surface area contributed by atoms with E-state index in [1.54, 1.807) is 0 Å². The maximum atomic E-state index is 13.0. The fourth-order valence-electron chi connectivity index (χ4n) is 10.3. The Bertz CT molecular complexity index is 4070. The minimum Gasteiger partial charge on any atom is -0.467 e. The van der Waals surface area contributed by atoms with Gasteiger partial charge in [0.15, 0.2) is 0 Å². The number of hydrogen-bond donors (Lipinski definition) is 0. The molecule has 0 aliphatic carbocycles. The van der Waals surface area contributed by atoms with Gasteiger partial charge >= 0.3 is 61.8 Å². The Morgan fingerprint density at radius 2 is 0.940 bits per heavy atom. The largest absolute Gasteiger partial charge is 0.467 e. The Morgan fingerprint density at radius 1 is 0.524 bits per heavy atom. The van der Waals surface area contributed by atoms with Crippen molar-refractivity contribution in [2.75, 3.05) is 47.9 Å². The summed E-state index contributed by atoms with van der Waals surface area (Å²) >= 11 is 25.1. The molecule has 0 N–H and O–H groups in total. The molecule has 6 heterocycles. The van der Waals surface area contributed by atoms with Crippen LogP contribution in [-0.2, 0) is 47.9 Å². The van der Waals surface area contributed by atoms with Gasteiger partial charge in [-0.15, -0.1) is 35.3 Å². The van der Waals surface area contributed by atoms with Gasteiger partial charge < -0.3 is 14.2 Å². The molecule has 0 radical (unpaired) electrons. The van der Waals surface area contributed by atoms with Crippen LogP contribution in [0.3, 0.4) is 0 Å². The SMILES string of the molecule is CCC[I-]C.COC(=O)[C@@H]1CSc2c(Cl)c(Cc3cccc4ccccc34)c(Br)c(=O)n21.COC(=O)[C@@H]1CSc2c(Cl)c(Cc3cccc4ccccc34)cc(=O)n21.COC(=O)[C@@H]1CSc2cc(Cc3cccc4ccccc34)c(Br)c(=O)n21. The molecular formula is C64H57Br2Cl2IN3O9S3-. The van der Waals surface area contributed by atoms with Gasteiger partial charge in [-0.05, 0) is 116 Å². The number of ether oxygens (including phenoxy) is 3. The number of methoxy groups -OCH3 is 3. The van der Waals surface area contributed by atoms with Gasteiger partial charge in [0.25, 0.3) is 16.7 Å². The van der Waals surface area contributed by atoms with E-state index in [-0.39, 0.29) is 22.6 Å². The average molecular weight is 1470 g/mol. The predicted octanol–water partition coefficient (Wildman–Crippen LogP) is 11.2. The molecule has 3 atom stereocenters. The minimum absolute atomic E-state index is 0.182. The van der Waals surface area contributed by atoms with Crippen LogP contribution in [0.15, 0.2) is 178 Å². The van der Waals surface area contributed by atoms with Gasteiger partial charge in [-0.25, -0.2) is 14.4 Å². The fraction of sp³-hybridized carbons (Fsp3) is 0.250. The zero-order chi connectivity index (χ0) is 59.8. The molecule has 20 heteroatoms. The molecule has 0 saturated carbocycles. The van der Waals surface area contributed by atoms with E-state index in [9.17, 15) is 28.8 Å². The molecule has 6 aromatic carbocycles. The van der Waals surface area contributed by atoms with E-state index in [1.165, 1.54) is 104 Å². The van der Waals surface area contributed by atoms with Gasteiger partial charge in [-0.2, -0.15) is 0 Å². The molecule has 12 nitrogen and oxygen atoms in total. The quantitative estimate of drug-likeness (QED) is 0.0526. The Morgan fingerprint density at radius 3 is 1.42 bits per heavy atom. The van der Waals surface area contributed by atoms with Crippen LogP contribution < -0.4 is 37.9 Å². The molecule has 0 spiro atoms. The second-order valence-electron chi connectivity index (χ2n) is 19.5. The molecular weight excluding hydrogens is 1410 g/mol. The molecule has 0 saturated heterocycles. The number of carbonyl (C=O) groups is 3. The van der Waals surface area contributed by atoms with Gasteiger partial charge in [0.1, 0.15) is 18.1 Å². The topological polar surface area (TPSA) is 145 Å². The summed E-state index contributed by atoms with van der Waals surface area (Å²) in [5.41, 5.74) is 5.15. The number of pyridine rings is 3. The van der Waals surface area contributed by atoms with Crippen LogP contribution in [0.25, 0.3) is 32.3 Å². The first-order valence-electron chi connectivity index (χ1n) is 26.6. The molecule has 84 heavy (non-hydrogen) atoms. The van der Waals surface area contributed by atoms with E-state index in [2.05, 4.69) is 104 Å². The van der Waals surface area contributed by atoms with Crippen molar-refractivity contribution < 1.29 is 49.8 Å². The van der Waals surface area contributed by atoms with E-state index in [0.29, 0.717) is 86.8 Å². The summed E-state index contributed by atoms with van der Waals surface area (Å²) in [7, 11) is 3.99. The van der Waals surface area contributed by atoms with E-state index < -0.39 is 30.1 Å². The second-order valence-corrected chi connectivity index (χ2v) is 27.5. The predicted molar refractivity (Wildman–Crippen MR) is 344 cm³/mol. The van der Waals surface area contributed by atoms with Gasteiger partial charge in [-0.1, -0.05) is 151 Å². The van der Waals surface area contributed by atoms with Crippen LogP contribution in [0, 0.1) is 0 Å². The second kappa shape index (κ2) is 28.9. The van der Waals surface area contributed by atoms with Crippen molar-refractivity contribution in [1.29, 1.82) is 0 Å². The van der Waals surface area contributed by atoms with Gasteiger partial charge in [0.2, 0.25) is 0 Å². The normalized spacial score (nSPS) is 15.4. The first-order valence-corrected chi connectivity index (χ1v) is 35.6. The molecule has 0 amide bonds. The van der Waals surface area contributed by atoms with E-state index in [0.717, 1.165) is 54.4 Å². The zero-order valence-corrected chi connectivity index (χ0v) is 55.6. The Balaban J connectivity index is 0.000000145. The first kappa shape index (κ1) is 63.2. The first-order chi connectivity index (χ1) is 40.6. The number of aromatic nitrogens is 3. The fourth-order valence-corrected chi connectivity index (χ4v) is 16.9. The van der Waals surface area contributed by atoms with Crippen molar-refractivity contribution in [2.24, 2.45) is 0 Å². The summed E-state index contributed by atoms with van der Waals surface area (Å²) < 4.78 is 21.3. The van der Waals surface area contributed by atoms with Gasteiger partial charge in [-0.3, -0.25) is 28.1 Å². The molecule has 436 valence electrons. The van der Waals surface area contributed by atoms with Crippen LogP contribution >= 0.6 is 90.3 Å². The number of hydrogen-bond acceptors (Lipinski definition) is 12. The van der Waals surface area contributed by atoms with Crippen molar-refractivity contribution in [3.8, 4) is 0 Å². The summed E-state index contributed by atoms with van der Waals surface area (Å²) in [6.07, 6.45) is 3.12. The Labute approximate surface area is 535 Å². The number of benzene rings is 6. The molecule has 0 bridgehead atoms. The molecule has 3 aliphatic heterocycles. The number of carbonyl (C=O) groups excluding carboxylic acids is 3. The molecule has 0 fully saturated rings. The summed E-state index contributed by atoms with van der Waals surface area (Å²) in [6, 6.07) is 44.6. The summed E-state index contributed by atoms with van der Waals surface area (Å²) in [5, 5.41) is 10.0. The third kappa shape index (κ3) is 13.5. The molecule has 3 aliphatic rings. The van der Waals surface area contributed by atoms with Gasteiger partial charge in [0, 0.05) is 29.7 Å². The van der Waals surface area contributed by atoms with Crippen LogP contribution in [0.5, 0.6) is 0 Å². The van der Waals surface area contributed by atoms with Crippen molar-refractivity contribution >= 4 is 141 Å². The van der Waals surface area contributed by atoms with E-state index >= 15 is 0 Å². The van der Waals surface area contributed by atoms with Crippen molar-refractivity contribution in [3.63, 3.8) is 0 Å². The maximum Gasteiger partial charge on any atom is 0.329 e. The number of fused-ring (bicyclic) bond motifs is 6. The monoisotopic (exact) mass is 1460 g/mol. The molecule has 9 aromatic rings. The summed E-state index contributed by atoms with van der Waals surface area (Å²) in [5.74, 6) is 0.174. The van der Waals surface area contributed by atoms with Crippen molar-refractivity contribution in [3.05, 3.63) is 223 Å². The summed E-state index contributed by atoms with van der Waals surface area (Å²) in [6.45, 7) is 2.24. The molecule has 3 aromatic heterocycles. The van der Waals surface area contributed by atoms with Crippen LogP contribution in [-0.4, -0.2) is 79.6 Å². The third-order valence-electron chi connectivity index (χ3n) is 14.4. The van der Waals surface area contributed by atoms with Crippen LogP contribution in [0.4, 0.5) is 0 Å². The van der Waals surface area contributed by atoms with Crippen LogP contribution in [0.1, 0.15) is 64.9 Å². The third-order valence-corrected chi connectivity index (χ3v) is 22.7.